The van der Waals surface area contributed by atoms with Gasteiger partial charge in [0.1, 0.15) is 0 Å². The minimum Gasteiger partial charge on any atom is -0.378 e. The van der Waals surface area contributed by atoms with Gasteiger partial charge in [-0.2, -0.15) is 0 Å². The van der Waals surface area contributed by atoms with E-state index in [-0.39, 0.29) is 17.7 Å². The molecule has 5 heteroatoms. The maximum atomic E-state index is 13.5. The van der Waals surface area contributed by atoms with E-state index in [4.69, 9.17) is 0 Å². The third kappa shape index (κ3) is 3.39. The zero-order valence-electron chi connectivity index (χ0n) is 17.2. The van der Waals surface area contributed by atoms with E-state index in [2.05, 4.69) is 69.4 Å². The van der Waals surface area contributed by atoms with E-state index in [0.717, 1.165) is 40.3 Å². The van der Waals surface area contributed by atoms with Crippen LogP contribution in [0.5, 0.6) is 0 Å². The van der Waals surface area contributed by atoms with E-state index in [9.17, 15) is 4.79 Å². The van der Waals surface area contributed by atoms with Crippen LogP contribution in [-0.2, 0) is 4.79 Å². The summed E-state index contributed by atoms with van der Waals surface area (Å²) in [6.07, 6.45) is 1.41. The molecule has 3 aromatic rings. The summed E-state index contributed by atoms with van der Waals surface area (Å²) in [5.41, 5.74) is 6.22. The van der Waals surface area contributed by atoms with Gasteiger partial charge in [-0.05, 0) is 47.7 Å². The maximum Gasteiger partial charge on any atom is 0.163 e. The molecule has 2 heterocycles. The zero-order valence-corrected chi connectivity index (χ0v) is 18.0. The Morgan fingerprint density at radius 1 is 0.933 bits per heavy atom. The van der Waals surface area contributed by atoms with Crippen LogP contribution >= 0.6 is 11.3 Å². The Morgan fingerprint density at radius 2 is 1.70 bits per heavy atom. The first kappa shape index (κ1) is 18.9. The van der Waals surface area contributed by atoms with Crippen LogP contribution in [0.25, 0.3) is 0 Å². The SMILES string of the molecule is CN(C)c1ccc([C@@H]2Nc3ccccc3NC3=C2C(=O)C[C@@H](c2cccs2)C3)cc1. The molecule has 2 atom stereocenters. The quantitative estimate of drug-likeness (QED) is 0.568. The number of hydrogen-bond acceptors (Lipinski definition) is 5. The first-order valence-electron chi connectivity index (χ1n) is 10.3. The van der Waals surface area contributed by atoms with Gasteiger partial charge in [0, 0.05) is 48.3 Å². The van der Waals surface area contributed by atoms with Crippen molar-refractivity contribution in [3.63, 3.8) is 0 Å². The number of carbonyl (C=O) groups is 1. The Hall–Kier alpha value is -3.05. The van der Waals surface area contributed by atoms with E-state index in [1.165, 1.54) is 4.88 Å². The van der Waals surface area contributed by atoms with E-state index in [0.29, 0.717) is 6.42 Å². The first-order valence-corrected chi connectivity index (χ1v) is 11.2. The summed E-state index contributed by atoms with van der Waals surface area (Å²) in [6, 6.07) is 20.7. The number of nitrogens with one attached hydrogen (secondary N) is 2. The van der Waals surface area contributed by atoms with E-state index in [1.807, 2.05) is 26.2 Å². The lowest BCUT2D eigenvalue weighted by Gasteiger charge is -2.29. The van der Waals surface area contributed by atoms with Gasteiger partial charge in [-0.3, -0.25) is 4.79 Å². The number of allylic oxidation sites excluding steroid dienone is 1. The number of rotatable bonds is 3. The lowest BCUT2D eigenvalue weighted by molar-refractivity contribution is -0.116. The summed E-state index contributed by atoms with van der Waals surface area (Å²) in [5.74, 6) is 0.468. The predicted molar refractivity (Wildman–Crippen MR) is 126 cm³/mol. The highest BCUT2D eigenvalue weighted by molar-refractivity contribution is 7.10. The highest BCUT2D eigenvalue weighted by Crippen LogP contribution is 2.44. The van der Waals surface area contributed by atoms with Crippen LogP contribution in [0.2, 0.25) is 0 Å². The molecular weight excluding hydrogens is 390 g/mol. The fraction of sp³-hybridized carbons (Fsp3) is 0.240. The Labute approximate surface area is 181 Å². The zero-order chi connectivity index (χ0) is 20.7. The van der Waals surface area contributed by atoms with Gasteiger partial charge in [-0.25, -0.2) is 0 Å². The molecule has 0 amide bonds. The number of hydrogen-bond donors (Lipinski definition) is 2. The number of para-hydroxylation sites is 2. The van der Waals surface area contributed by atoms with Crippen LogP contribution in [0.4, 0.5) is 17.1 Å². The fourth-order valence-electron chi connectivity index (χ4n) is 4.43. The summed E-state index contributed by atoms with van der Waals surface area (Å²) >= 11 is 1.74. The average Bonchev–Trinajstić information content (AvgIpc) is 3.23. The Balaban J connectivity index is 1.59. The van der Waals surface area contributed by atoms with Crippen LogP contribution in [0.3, 0.4) is 0 Å². The minimum absolute atomic E-state index is 0.163. The third-order valence-corrected chi connectivity index (χ3v) is 7.03. The Morgan fingerprint density at radius 3 is 2.40 bits per heavy atom. The molecule has 0 spiro atoms. The van der Waals surface area contributed by atoms with Crippen LogP contribution in [0.15, 0.2) is 77.3 Å². The van der Waals surface area contributed by atoms with Gasteiger partial charge in [0.2, 0.25) is 0 Å². The third-order valence-electron chi connectivity index (χ3n) is 6.00. The number of thiophene rings is 1. The molecule has 0 fully saturated rings. The molecule has 0 radical (unpaired) electrons. The van der Waals surface area contributed by atoms with Crippen molar-refractivity contribution in [2.75, 3.05) is 29.6 Å². The lowest BCUT2D eigenvalue weighted by atomic mass is 9.81. The van der Waals surface area contributed by atoms with Crippen molar-refractivity contribution in [3.05, 3.63) is 87.8 Å². The summed E-state index contributed by atoms with van der Waals surface area (Å²) < 4.78 is 0. The fourth-order valence-corrected chi connectivity index (χ4v) is 5.26. The highest BCUT2D eigenvalue weighted by Gasteiger charge is 2.36. The second kappa shape index (κ2) is 7.65. The van der Waals surface area contributed by atoms with Crippen LogP contribution in [0.1, 0.15) is 35.2 Å². The molecule has 5 rings (SSSR count). The number of benzene rings is 2. The normalized spacial score (nSPS) is 20.5. The molecule has 0 saturated heterocycles. The number of nitrogens with zero attached hydrogens (tertiary/aromatic N) is 1. The Kier molecular flexibility index (Phi) is 4.83. The number of anilines is 3. The van der Waals surface area contributed by atoms with Crippen LogP contribution < -0.4 is 15.5 Å². The van der Waals surface area contributed by atoms with Gasteiger partial charge in [-0.15, -0.1) is 11.3 Å². The monoisotopic (exact) mass is 415 g/mol. The van der Waals surface area contributed by atoms with E-state index in [1.54, 1.807) is 11.3 Å². The Bertz CT molecular complexity index is 1100. The van der Waals surface area contributed by atoms with Crippen LogP contribution in [0, 0.1) is 0 Å². The smallest absolute Gasteiger partial charge is 0.163 e. The number of carbonyl (C=O) groups excluding carboxylic acids is 1. The molecule has 0 bridgehead atoms. The van der Waals surface area contributed by atoms with Crippen molar-refractivity contribution >= 4 is 34.2 Å². The van der Waals surface area contributed by atoms with Gasteiger partial charge in [0.15, 0.2) is 5.78 Å². The molecule has 2 aromatic carbocycles. The average molecular weight is 416 g/mol. The van der Waals surface area contributed by atoms with Gasteiger partial charge in [0.25, 0.3) is 0 Å². The summed E-state index contributed by atoms with van der Waals surface area (Å²) in [6.45, 7) is 0. The molecule has 4 nitrogen and oxygen atoms in total. The molecular formula is C25H25N3OS. The summed E-state index contributed by atoms with van der Waals surface area (Å²) in [4.78, 5) is 16.8. The van der Waals surface area contributed by atoms with Gasteiger partial charge in [0.05, 0.1) is 17.4 Å². The molecule has 1 aliphatic carbocycles. The molecule has 0 saturated carbocycles. The van der Waals surface area contributed by atoms with Crippen LogP contribution in [-0.4, -0.2) is 19.9 Å². The van der Waals surface area contributed by atoms with Crippen molar-refractivity contribution < 1.29 is 4.79 Å². The molecule has 152 valence electrons. The molecule has 30 heavy (non-hydrogen) atoms. The van der Waals surface area contributed by atoms with Gasteiger partial charge in [-0.1, -0.05) is 30.3 Å². The van der Waals surface area contributed by atoms with Gasteiger partial charge >= 0.3 is 0 Å². The lowest BCUT2D eigenvalue weighted by Crippen LogP contribution is -2.26. The molecule has 2 N–H and O–H groups in total. The number of ketones is 1. The summed E-state index contributed by atoms with van der Waals surface area (Å²) in [7, 11) is 4.07. The van der Waals surface area contributed by atoms with E-state index < -0.39 is 0 Å². The molecule has 1 aromatic heterocycles. The second-order valence-electron chi connectivity index (χ2n) is 8.17. The standard InChI is InChI=1S/C25H25N3OS/c1-28(2)18-11-9-16(10-12-18)25-24-21(26-19-6-3-4-7-20(19)27-25)14-17(15-22(24)29)23-8-5-13-30-23/h3-13,17,25-27H,14-15H2,1-2H3/t17-,25-/m0/s1. The number of Topliss-reactive ketones (excluding diaryl/α,β-unsaturated/α-hetero) is 1. The highest BCUT2D eigenvalue weighted by atomic mass is 32.1. The maximum absolute atomic E-state index is 13.5. The van der Waals surface area contributed by atoms with E-state index >= 15 is 0 Å². The van der Waals surface area contributed by atoms with Gasteiger partial charge < -0.3 is 15.5 Å². The van der Waals surface area contributed by atoms with Crippen molar-refractivity contribution in [1.82, 2.24) is 0 Å². The minimum atomic E-state index is -0.163. The predicted octanol–water partition coefficient (Wildman–Crippen LogP) is 5.79. The summed E-state index contributed by atoms with van der Waals surface area (Å²) in [5, 5.41) is 9.35. The largest absolute Gasteiger partial charge is 0.378 e. The second-order valence-corrected chi connectivity index (χ2v) is 9.15. The van der Waals surface area contributed by atoms with Crippen molar-refractivity contribution in [3.8, 4) is 0 Å². The van der Waals surface area contributed by atoms with Crippen molar-refractivity contribution in [1.29, 1.82) is 0 Å². The first-order chi connectivity index (χ1) is 14.6. The molecule has 0 unspecified atom stereocenters. The van der Waals surface area contributed by atoms with Crippen molar-refractivity contribution in [2.45, 2.75) is 24.8 Å². The topological polar surface area (TPSA) is 44.4 Å². The molecule has 1 aliphatic heterocycles. The number of fused-ring (bicyclic) bond motifs is 1. The van der Waals surface area contributed by atoms with Crippen molar-refractivity contribution in [2.24, 2.45) is 0 Å². The molecule has 2 aliphatic rings.